The first-order valence-electron chi connectivity index (χ1n) is 7.34. The molecule has 0 saturated heterocycles. The molecule has 0 heterocycles. The van der Waals surface area contributed by atoms with Crippen molar-refractivity contribution in [1.29, 1.82) is 0 Å². The quantitative estimate of drug-likeness (QED) is 0.524. The maximum atomic E-state index is 5.56. The van der Waals surface area contributed by atoms with Crippen molar-refractivity contribution in [3.63, 3.8) is 0 Å². The number of nitrogens with one attached hydrogen (secondary N) is 1. The number of likely N-dealkylation sites (N-methyl/N-ethyl adjacent to an activating group) is 1. The molecule has 0 aliphatic heterocycles. The van der Waals surface area contributed by atoms with E-state index in [2.05, 4.69) is 18.3 Å². The Morgan fingerprint density at radius 2 is 1.68 bits per heavy atom. The van der Waals surface area contributed by atoms with Crippen LogP contribution in [0.3, 0.4) is 0 Å². The lowest BCUT2D eigenvalue weighted by atomic mass is 10.3. The first kappa shape index (κ1) is 18.4. The van der Waals surface area contributed by atoms with Crippen molar-refractivity contribution in [3.05, 3.63) is 11.8 Å². The molecule has 0 aliphatic rings. The van der Waals surface area contributed by atoms with Gasteiger partial charge in [-0.05, 0) is 33.1 Å². The van der Waals surface area contributed by atoms with Crippen LogP contribution in [0.25, 0.3) is 0 Å². The van der Waals surface area contributed by atoms with Gasteiger partial charge in [-0.2, -0.15) is 0 Å². The second kappa shape index (κ2) is 13.8. The molecule has 0 aromatic heterocycles. The predicted octanol–water partition coefficient (Wildman–Crippen LogP) is 2.74. The summed E-state index contributed by atoms with van der Waals surface area (Å²) in [5.41, 5.74) is 1.15. The standard InChI is InChI=1S/C15H31NO3/c1-5-8-15(16-4)13-18-11-6-9-17-10-7-12-19-14(2)3/h8,14,16H,5-7,9-13H2,1-4H3. The van der Waals surface area contributed by atoms with Gasteiger partial charge in [-0.3, -0.25) is 0 Å². The van der Waals surface area contributed by atoms with Crippen LogP contribution in [0.5, 0.6) is 0 Å². The number of hydrogen-bond donors (Lipinski definition) is 1. The zero-order valence-corrected chi connectivity index (χ0v) is 13.0. The fourth-order valence-electron chi connectivity index (χ4n) is 1.51. The summed E-state index contributed by atoms with van der Waals surface area (Å²) in [5, 5.41) is 3.13. The van der Waals surface area contributed by atoms with Gasteiger partial charge in [0.05, 0.1) is 12.7 Å². The van der Waals surface area contributed by atoms with E-state index in [0.717, 1.165) is 51.4 Å². The highest BCUT2D eigenvalue weighted by molar-refractivity contribution is 4.98. The summed E-state index contributed by atoms with van der Waals surface area (Å²) >= 11 is 0. The van der Waals surface area contributed by atoms with E-state index in [1.165, 1.54) is 0 Å². The smallest absolute Gasteiger partial charge is 0.0859 e. The summed E-state index contributed by atoms with van der Waals surface area (Å²) in [6.45, 7) is 9.92. The summed E-state index contributed by atoms with van der Waals surface area (Å²) in [6.07, 6.45) is 5.38. The molecule has 1 N–H and O–H groups in total. The highest BCUT2D eigenvalue weighted by Crippen LogP contribution is 1.95. The molecular weight excluding hydrogens is 242 g/mol. The van der Waals surface area contributed by atoms with Crippen LogP contribution in [0.15, 0.2) is 11.8 Å². The summed E-state index contributed by atoms with van der Waals surface area (Å²) in [4.78, 5) is 0. The van der Waals surface area contributed by atoms with Gasteiger partial charge in [-0.15, -0.1) is 0 Å². The van der Waals surface area contributed by atoms with E-state index in [4.69, 9.17) is 14.2 Å². The zero-order valence-electron chi connectivity index (χ0n) is 13.0. The first-order valence-corrected chi connectivity index (χ1v) is 7.34. The molecule has 0 fully saturated rings. The molecule has 0 aliphatic carbocycles. The van der Waals surface area contributed by atoms with Crippen molar-refractivity contribution >= 4 is 0 Å². The summed E-state index contributed by atoms with van der Waals surface area (Å²) < 4.78 is 16.5. The third-order valence-electron chi connectivity index (χ3n) is 2.49. The second-order valence-electron chi connectivity index (χ2n) is 4.68. The minimum atomic E-state index is 0.311. The summed E-state index contributed by atoms with van der Waals surface area (Å²) in [5.74, 6) is 0. The number of ether oxygens (including phenoxy) is 3. The first-order chi connectivity index (χ1) is 9.20. The Morgan fingerprint density at radius 1 is 1.05 bits per heavy atom. The van der Waals surface area contributed by atoms with Crippen molar-refractivity contribution < 1.29 is 14.2 Å². The van der Waals surface area contributed by atoms with Gasteiger partial charge in [0.25, 0.3) is 0 Å². The lowest BCUT2D eigenvalue weighted by Gasteiger charge is -2.09. The molecule has 4 heteroatoms. The van der Waals surface area contributed by atoms with Gasteiger partial charge < -0.3 is 19.5 Å². The molecule has 114 valence electrons. The SMILES string of the molecule is CCC=C(COCCCOCCCOC(C)C)NC. The van der Waals surface area contributed by atoms with Gasteiger partial charge in [0, 0.05) is 39.2 Å². The summed E-state index contributed by atoms with van der Waals surface area (Å²) in [7, 11) is 1.92. The van der Waals surface area contributed by atoms with Crippen molar-refractivity contribution in [3.8, 4) is 0 Å². The molecule has 0 amide bonds. The van der Waals surface area contributed by atoms with Gasteiger partial charge in [0.2, 0.25) is 0 Å². The Labute approximate surface area is 118 Å². The van der Waals surface area contributed by atoms with Crippen LogP contribution >= 0.6 is 0 Å². The molecule has 0 spiro atoms. The molecule has 0 rings (SSSR count). The molecule has 0 atom stereocenters. The largest absolute Gasteiger partial charge is 0.390 e. The number of hydrogen-bond acceptors (Lipinski definition) is 4. The molecular formula is C15H31NO3. The molecule has 0 aromatic carbocycles. The van der Waals surface area contributed by atoms with Gasteiger partial charge in [-0.1, -0.05) is 13.0 Å². The molecule has 19 heavy (non-hydrogen) atoms. The monoisotopic (exact) mass is 273 g/mol. The van der Waals surface area contributed by atoms with Crippen LogP contribution in [0.2, 0.25) is 0 Å². The van der Waals surface area contributed by atoms with E-state index < -0.39 is 0 Å². The van der Waals surface area contributed by atoms with Crippen LogP contribution < -0.4 is 5.32 Å². The minimum Gasteiger partial charge on any atom is -0.390 e. The lowest BCUT2D eigenvalue weighted by Crippen LogP contribution is -2.13. The third-order valence-corrected chi connectivity index (χ3v) is 2.49. The van der Waals surface area contributed by atoms with Crippen LogP contribution in [0.1, 0.15) is 40.0 Å². The molecule has 0 bridgehead atoms. The highest BCUT2D eigenvalue weighted by Gasteiger charge is 1.96. The normalized spacial score (nSPS) is 12.2. The summed E-state index contributed by atoms with van der Waals surface area (Å²) in [6, 6.07) is 0. The van der Waals surface area contributed by atoms with Gasteiger partial charge in [-0.25, -0.2) is 0 Å². The Morgan fingerprint density at radius 3 is 2.26 bits per heavy atom. The van der Waals surface area contributed by atoms with E-state index in [0.29, 0.717) is 12.7 Å². The fraction of sp³-hybridized carbons (Fsp3) is 0.867. The lowest BCUT2D eigenvalue weighted by molar-refractivity contribution is 0.0451. The number of rotatable bonds is 13. The van der Waals surface area contributed by atoms with Crippen LogP contribution in [0.4, 0.5) is 0 Å². The van der Waals surface area contributed by atoms with Crippen molar-refractivity contribution in [2.45, 2.75) is 46.1 Å². The van der Waals surface area contributed by atoms with Gasteiger partial charge in [0.1, 0.15) is 0 Å². The third kappa shape index (κ3) is 13.6. The van der Waals surface area contributed by atoms with Crippen molar-refractivity contribution in [2.75, 3.05) is 40.1 Å². The molecule has 0 unspecified atom stereocenters. The molecule has 0 radical (unpaired) electrons. The van der Waals surface area contributed by atoms with Crippen LogP contribution in [-0.2, 0) is 14.2 Å². The number of allylic oxidation sites excluding steroid dienone is 1. The molecule has 4 nitrogen and oxygen atoms in total. The van der Waals surface area contributed by atoms with E-state index in [1.807, 2.05) is 20.9 Å². The zero-order chi connectivity index (χ0) is 14.3. The Bertz CT molecular complexity index is 217. The maximum Gasteiger partial charge on any atom is 0.0859 e. The second-order valence-corrected chi connectivity index (χ2v) is 4.68. The minimum absolute atomic E-state index is 0.311. The van der Waals surface area contributed by atoms with Gasteiger partial charge in [0.15, 0.2) is 0 Å². The fourth-order valence-corrected chi connectivity index (χ4v) is 1.51. The molecule has 0 aromatic rings. The Hall–Kier alpha value is -0.580. The molecule has 0 saturated carbocycles. The van der Waals surface area contributed by atoms with Gasteiger partial charge >= 0.3 is 0 Å². The van der Waals surface area contributed by atoms with Crippen molar-refractivity contribution in [1.82, 2.24) is 5.32 Å². The average Bonchev–Trinajstić information content (AvgIpc) is 2.39. The van der Waals surface area contributed by atoms with E-state index >= 15 is 0 Å². The van der Waals surface area contributed by atoms with Crippen molar-refractivity contribution in [2.24, 2.45) is 0 Å². The van der Waals surface area contributed by atoms with E-state index in [-0.39, 0.29) is 0 Å². The maximum absolute atomic E-state index is 5.56. The van der Waals surface area contributed by atoms with Crippen LogP contribution in [0, 0.1) is 0 Å². The van der Waals surface area contributed by atoms with Crippen LogP contribution in [-0.4, -0.2) is 46.2 Å². The highest BCUT2D eigenvalue weighted by atomic mass is 16.5. The Kier molecular flexibility index (Phi) is 13.4. The average molecular weight is 273 g/mol. The topological polar surface area (TPSA) is 39.7 Å². The van der Waals surface area contributed by atoms with E-state index in [1.54, 1.807) is 0 Å². The Balaban J connectivity index is 3.21. The van der Waals surface area contributed by atoms with E-state index in [9.17, 15) is 0 Å². The predicted molar refractivity (Wildman–Crippen MR) is 79.4 cm³/mol.